The summed E-state index contributed by atoms with van der Waals surface area (Å²) < 4.78 is 0. The number of aliphatic imine (C=N–C) groups is 1. The quantitative estimate of drug-likeness (QED) is 0.536. The molecule has 2 fully saturated rings. The van der Waals surface area contributed by atoms with Crippen LogP contribution in [0.15, 0.2) is 29.3 Å². The molecule has 142 valence electrons. The highest BCUT2D eigenvalue weighted by molar-refractivity contribution is 5.93. The number of rotatable bonds is 6. The van der Waals surface area contributed by atoms with Crippen molar-refractivity contribution < 1.29 is 4.79 Å². The Morgan fingerprint density at radius 3 is 2.62 bits per heavy atom. The van der Waals surface area contributed by atoms with Crippen LogP contribution in [0, 0.1) is 5.92 Å². The van der Waals surface area contributed by atoms with E-state index in [2.05, 4.69) is 28.9 Å². The van der Waals surface area contributed by atoms with E-state index >= 15 is 0 Å². The lowest BCUT2D eigenvalue weighted by Crippen LogP contribution is -2.44. The van der Waals surface area contributed by atoms with Gasteiger partial charge < -0.3 is 16.0 Å². The highest BCUT2D eigenvalue weighted by atomic mass is 16.1. The van der Waals surface area contributed by atoms with E-state index in [-0.39, 0.29) is 11.8 Å². The molecule has 2 aliphatic rings. The fourth-order valence-electron chi connectivity index (χ4n) is 3.59. The molecule has 26 heavy (non-hydrogen) atoms. The maximum absolute atomic E-state index is 12.1. The van der Waals surface area contributed by atoms with Crippen LogP contribution in [0.3, 0.4) is 0 Å². The van der Waals surface area contributed by atoms with Crippen molar-refractivity contribution in [1.29, 1.82) is 0 Å². The first kappa shape index (κ1) is 18.7. The lowest BCUT2D eigenvalue weighted by Gasteiger charge is -2.25. The molecule has 0 saturated heterocycles. The summed E-state index contributed by atoms with van der Waals surface area (Å²) in [7, 11) is 0. The summed E-state index contributed by atoms with van der Waals surface area (Å²) in [6, 6.07) is 8.57. The van der Waals surface area contributed by atoms with Crippen molar-refractivity contribution in [1.82, 2.24) is 10.6 Å². The lowest BCUT2D eigenvalue weighted by atomic mass is 9.85. The third kappa shape index (κ3) is 5.48. The predicted molar refractivity (Wildman–Crippen MR) is 107 cm³/mol. The van der Waals surface area contributed by atoms with Crippen LogP contribution >= 0.6 is 0 Å². The molecule has 0 aromatic heterocycles. The van der Waals surface area contributed by atoms with E-state index in [0.29, 0.717) is 12.6 Å². The first-order chi connectivity index (χ1) is 12.7. The van der Waals surface area contributed by atoms with Gasteiger partial charge in [-0.3, -0.25) is 4.79 Å². The van der Waals surface area contributed by atoms with Gasteiger partial charge in [0.1, 0.15) is 0 Å². The number of anilines is 1. The van der Waals surface area contributed by atoms with E-state index in [1.165, 1.54) is 38.5 Å². The summed E-state index contributed by atoms with van der Waals surface area (Å²) in [5.74, 6) is 1.25. The number of nitrogens with zero attached hydrogens (tertiary/aromatic N) is 1. The first-order valence-electron chi connectivity index (χ1n) is 10.2. The molecule has 1 amide bonds. The van der Waals surface area contributed by atoms with E-state index in [1.807, 2.05) is 18.2 Å². The second kappa shape index (κ2) is 9.60. The minimum atomic E-state index is 0.157. The number of carbonyl (C=O) groups is 1. The number of amides is 1. The van der Waals surface area contributed by atoms with Gasteiger partial charge in [0.25, 0.3) is 0 Å². The molecule has 0 aliphatic heterocycles. The molecular formula is C21H32N4O. The zero-order valence-corrected chi connectivity index (χ0v) is 15.9. The fourth-order valence-corrected chi connectivity index (χ4v) is 3.59. The predicted octanol–water partition coefficient (Wildman–Crippen LogP) is 3.81. The van der Waals surface area contributed by atoms with Gasteiger partial charge in [0, 0.05) is 24.2 Å². The van der Waals surface area contributed by atoms with Crippen molar-refractivity contribution in [2.45, 2.75) is 70.9 Å². The first-order valence-corrected chi connectivity index (χ1v) is 10.2. The van der Waals surface area contributed by atoms with Gasteiger partial charge in [0.05, 0.1) is 6.54 Å². The van der Waals surface area contributed by atoms with Crippen LogP contribution in [0.4, 0.5) is 5.69 Å². The van der Waals surface area contributed by atoms with Crippen LogP contribution in [-0.4, -0.2) is 24.5 Å². The zero-order valence-electron chi connectivity index (χ0n) is 15.9. The molecular weight excluding hydrogens is 324 g/mol. The number of guanidine groups is 1. The van der Waals surface area contributed by atoms with Gasteiger partial charge in [0.15, 0.2) is 5.96 Å². The van der Waals surface area contributed by atoms with E-state index in [0.717, 1.165) is 36.6 Å². The minimum Gasteiger partial charge on any atom is -0.357 e. The molecule has 1 aromatic carbocycles. The van der Waals surface area contributed by atoms with Crippen molar-refractivity contribution in [3.8, 4) is 0 Å². The zero-order chi connectivity index (χ0) is 18.2. The number of hydrogen-bond donors (Lipinski definition) is 3. The van der Waals surface area contributed by atoms with E-state index < -0.39 is 0 Å². The SMILES string of the molecule is CCNC(=NCc1cccc(NC(=O)C2CCC2)c1)NC1CCCCC1. The molecule has 3 N–H and O–H groups in total. The van der Waals surface area contributed by atoms with Crippen LogP contribution in [0.5, 0.6) is 0 Å². The maximum Gasteiger partial charge on any atom is 0.227 e. The molecule has 0 spiro atoms. The van der Waals surface area contributed by atoms with E-state index in [9.17, 15) is 4.79 Å². The van der Waals surface area contributed by atoms with Gasteiger partial charge in [-0.15, -0.1) is 0 Å². The molecule has 5 nitrogen and oxygen atoms in total. The lowest BCUT2D eigenvalue weighted by molar-refractivity contribution is -0.122. The highest BCUT2D eigenvalue weighted by Gasteiger charge is 2.25. The molecule has 0 heterocycles. The van der Waals surface area contributed by atoms with Crippen LogP contribution in [-0.2, 0) is 11.3 Å². The Balaban J connectivity index is 1.57. The molecule has 2 aliphatic carbocycles. The maximum atomic E-state index is 12.1. The van der Waals surface area contributed by atoms with Crippen LogP contribution in [0.25, 0.3) is 0 Å². The fraction of sp³-hybridized carbons (Fsp3) is 0.619. The summed E-state index contributed by atoms with van der Waals surface area (Å²) in [5.41, 5.74) is 1.98. The summed E-state index contributed by atoms with van der Waals surface area (Å²) in [5, 5.41) is 9.96. The number of nitrogens with one attached hydrogen (secondary N) is 3. The highest BCUT2D eigenvalue weighted by Crippen LogP contribution is 2.27. The van der Waals surface area contributed by atoms with Crippen LogP contribution in [0.2, 0.25) is 0 Å². The van der Waals surface area contributed by atoms with Crippen LogP contribution in [0.1, 0.15) is 63.9 Å². The van der Waals surface area contributed by atoms with E-state index in [4.69, 9.17) is 4.99 Å². The standard InChI is InChI=1S/C21H32N4O/c1-2-22-21(25-18-11-4-3-5-12-18)23-15-16-8-6-13-19(14-16)24-20(26)17-9-7-10-17/h6,8,13-14,17-18H,2-5,7,9-12,15H2,1H3,(H,24,26)(H2,22,23,25). The molecule has 0 unspecified atom stereocenters. The monoisotopic (exact) mass is 356 g/mol. The van der Waals surface area contributed by atoms with Gasteiger partial charge in [-0.2, -0.15) is 0 Å². The van der Waals surface area contributed by atoms with Gasteiger partial charge >= 0.3 is 0 Å². The molecule has 2 saturated carbocycles. The van der Waals surface area contributed by atoms with Gasteiger partial charge in [-0.1, -0.05) is 37.8 Å². The Morgan fingerprint density at radius 2 is 1.92 bits per heavy atom. The molecule has 3 rings (SSSR count). The van der Waals surface area contributed by atoms with Crippen LogP contribution < -0.4 is 16.0 Å². The van der Waals surface area contributed by atoms with Crippen molar-refractivity contribution in [2.75, 3.05) is 11.9 Å². The summed E-state index contributed by atoms with van der Waals surface area (Å²) in [4.78, 5) is 16.9. The Kier molecular flexibility index (Phi) is 6.92. The summed E-state index contributed by atoms with van der Waals surface area (Å²) in [6.45, 7) is 3.56. The van der Waals surface area contributed by atoms with Crippen molar-refractivity contribution in [3.63, 3.8) is 0 Å². The second-order valence-corrected chi connectivity index (χ2v) is 7.49. The van der Waals surface area contributed by atoms with E-state index in [1.54, 1.807) is 0 Å². The van der Waals surface area contributed by atoms with Gasteiger partial charge in [0.2, 0.25) is 5.91 Å². The summed E-state index contributed by atoms with van der Waals surface area (Å²) in [6.07, 6.45) is 9.64. The number of carbonyl (C=O) groups excluding carboxylic acids is 1. The minimum absolute atomic E-state index is 0.157. The van der Waals surface area contributed by atoms with Crippen molar-refractivity contribution >= 4 is 17.6 Å². The number of benzene rings is 1. The molecule has 5 heteroatoms. The smallest absolute Gasteiger partial charge is 0.227 e. The Morgan fingerprint density at radius 1 is 1.12 bits per heavy atom. The number of hydrogen-bond acceptors (Lipinski definition) is 2. The molecule has 0 radical (unpaired) electrons. The molecule has 0 bridgehead atoms. The van der Waals surface area contributed by atoms with Gasteiger partial charge in [-0.05, 0) is 50.3 Å². The topological polar surface area (TPSA) is 65.5 Å². The Hall–Kier alpha value is -2.04. The summed E-state index contributed by atoms with van der Waals surface area (Å²) >= 11 is 0. The average molecular weight is 357 g/mol. The third-order valence-corrected chi connectivity index (χ3v) is 5.38. The normalized spacial score (nSPS) is 18.9. The van der Waals surface area contributed by atoms with Crippen molar-refractivity contribution in [2.24, 2.45) is 10.9 Å². The Labute approximate surface area is 157 Å². The molecule has 1 aromatic rings. The molecule has 0 atom stereocenters. The largest absolute Gasteiger partial charge is 0.357 e. The van der Waals surface area contributed by atoms with Gasteiger partial charge in [-0.25, -0.2) is 4.99 Å². The average Bonchev–Trinajstić information content (AvgIpc) is 2.59. The third-order valence-electron chi connectivity index (χ3n) is 5.38. The van der Waals surface area contributed by atoms with Crippen molar-refractivity contribution in [3.05, 3.63) is 29.8 Å². The second-order valence-electron chi connectivity index (χ2n) is 7.49. The Bertz CT molecular complexity index is 618.